The van der Waals surface area contributed by atoms with Gasteiger partial charge in [0, 0.05) is 29.9 Å². The van der Waals surface area contributed by atoms with Gasteiger partial charge in [-0.1, -0.05) is 26.0 Å². The summed E-state index contributed by atoms with van der Waals surface area (Å²) in [5, 5.41) is 5.72. The molecule has 10 heteroatoms. The molecule has 0 bridgehead atoms. The van der Waals surface area contributed by atoms with E-state index in [1.807, 2.05) is 24.3 Å². The molecule has 2 N–H and O–H groups in total. The summed E-state index contributed by atoms with van der Waals surface area (Å²) >= 11 is 0. The summed E-state index contributed by atoms with van der Waals surface area (Å²) in [5.74, 6) is -2.54. The minimum absolute atomic E-state index is 0.105. The molecule has 3 aliphatic rings. The molecular weight excluding hydrogens is 542 g/mol. The highest BCUT2D eigenvalue weighted by molar-refractivity contribution is 6.10. The molecule has 2 aliphatic heterocycles. The number of nitrogens with one attached hydrogen (secondary N) is 2. The molecule has 2 atom stereocenters. The number of pyridine rings is 1. The van der Waals surface area contributed by atoms with E-state index in [0.717, 1.165) is 34.9 Å². The number of carbonyl (C=O) groups is 4. The van der Waals surface area contributed by atoms with Crippen LogP contribution >= 0.6 is 0 Å². The highest BCUT2D eigenvalue weighted by Crippen LogP contribution is 2.47. The number of ketones is 1. The van der Waals surface area contributed by atoms with Crippen LogP contribution in [0.15, 0.2) is 54.7 Å². The molecule has 0 saturated carbocycles. The fourth-order valence-corrected chi connectivity index (χ4v) is 6.91. The zero-order chi connectivity index (χ0) is 29.8. The predicted octanol–water partition coefficient (Wildman–Crippen LogP) is 4.64. The molecule has 3 aromatic rings. The van der Waals surface area contributed by atoms with E-state index in [0.29, 0.717) is 24.3 Å². The van der Waals surface area contributed by atoms with E-state index in [-0.39, 0.29) is 36.5 Å². The number of fused-ring (bicyclic) bond motifs is 3. The van der Waals surface area contributed by atoms with Crippen molar-refractivity contribution < 1.29 is 28.0 Å². The van der Waals surface area contributed by atoms with Crippen LogP contribution in [0, 0.1) is 17.0 Å². The summed E-state index contributed by atoms with van der Waals surface area (Å²) < 4.78 is 28.3. The summed E-state index contributed by atoms with van der Waals surface area (Å²) in [4.78, 5) is 58.9. The van der Waals surface area contributed by atoms with E-state index in [2.05, 4.69) is 15.6 Å². The van der Waals surface area contributed by atoms with Crippen LogP contribution in [0.1, 0.15) is 61.4 Å². The van der Waals surface area contributed by atoms with Crippen LogP contribution in [0.2, 0.25) is 0 Å². The van der Waals surface area contributed by atoms with Crippen molar-refractivity contribution in [2.75, 3.05) is 17.2 Å². The van der Waals surface area contributed by atoms with Crippen LogP contribution in [0.4, 0.5) is 20.3 Å². The largest absolute Gasteiger partial charge is 0.325 e. The minimum Gasteiger partial charge on any atom is -0.325 e. The number of halogens is 2. The van der Waals surface area contributed by atoms with Gasteiger partial charge in [0.15, 0.2) is 5.78 Å². The number of nitrogens with zero attached hydrogens (tertiary/aromatic N) is 2. The molecule has 2 aromatic carbocycles. The average molecular weight is 573 g/mol. The molecular formula is C32H30F2N4O4. The van der Waals surface area contributed by atoms with Crippen molar-refractivity contribution in [1.29, 1.82) is 0 Å². The Morgan fingerprint density at radius 1 is 1.02 bits per heavy atom. The maximum Gasteiger partial charge on any atom is 0.244 e. The summed E-state index contributed by atoms with van der Waals surface area (Å²) in [5.41, 5.74) is 1.33. The first-order valence-corrected chi connectivity index (χ1v) is 14.1. The number of likely N-dealkylation sites (tertiary alicyclic amines) is 1. The second-order valence-electron chi connectivity index (χ2n) is 11.4. The summed E-state index contributed by atoms with van der Waals surface area (Å²) in [6.07, 6.45) is 2.95. The zero-order valence-corrected chi connectivity index (χ0v) is 23.3. The van der Waals surface area contributed by atoms with Crippen molar-refractivity contribution >= 4 is 35.0 Å². The van der Waals surface area contributed by atoms with E-state index >= 15 is 0 Å². The monoisotopic (exact) mass is 572 g/mol. The normalized spacial score (nSPS) is 22.2. The van der Waals surface area contributed by atoms with Gasteiger partial charge in [-0.05, 0) is 72.7 Å². The van der Waals surface area contributed by atoms with Gasteiger partial charge in [0.25, 0.3) is 0 Å². The van der Waals surface area contributed by atoms with Gasteiger partial charge in [0.1, 0.15) is 29.4 Å². The number of carbonyl (C=O) groups excluding carboxylic acids is 4. The Bertz CT molecular complexity index is 1630. The maximum absolute atomic E-state index is 14.1. The number of benzene rings is 2. The Morgan fingerprint density at radius 2 is 1.74 bits per heavy atom. The number of piperidine rings is 1. The van der Waals surface area contributed by atoms with Crippen molar-refractivity contribution in [2.24, 2.45) is 5.41 Å². The third-order valence-electron chi connectivity index (χ3n) is 9.21. The SMILES string of the molecule is CCC1(CC)C(=O)CC(c2cc(F)cc(F)c2)N(CC(=O)Nc2ccc3c(c2)CC2(C3)C(=O)Nc3ncccc32)C1=O. The second-order valence-corrected chi connectivity index (χ2v) is 11.4. The Labute approximate surface area is 241 Å². The fraction of sp³-hybridized carbons (Fsp3) is 0.344. The van der Waals surface area contributed by atoms with Gasteiger partial charge in [-0.2, -0.15) is 0 Å². The number of hydrogen-bond acceptors (Lipinski definition) is 5. The van der Waals surface area contributed by atoms with E-state index < -0.39 is 46.9 Å². The first-order valence-electron chi connectivity index (χ1n) is 14.1. The molecule has 216 valence electrons. The quantitative estimate of drug-likeness (QED) is 0.419. The molecule has 8 nitrogen and oxygen atoms in total. The third-order valence-corrected chi connectivity index (χ3v) is 9.21. The molecule has 2 unspecified atom stereocenters. The van der Waals surface area contributed by atoms with E-state index in [9.17, 15) is 28.0 Å². The molecule has 42 heavy (non-hydrogen) atoms. The van der Waals surface area contributed by atoms with Crippen LogP contribution in [0.25, 0.3) is 0 Å². The Balaban J connectivity index is 1.25. The molecule has 1 spiro atoms. The number of amides is 3. The molecule has 3 heterocycles. The predicted molar refractivity (Wildman–Crippen MR) is 150 cm³/mol. The maximum atomic E-state index is 14.1. The lowest BCUT2D eigenvalue weighted by atomic mass is 9.71. The van der Waals surface area contributed by atoms with Crippen molar-refractivity contribution in [3.05, 3.63) is 88.6 Å². The Kier molecular flexibility index (Phi) is 6.67. The van der Waals surface area contributed by atoms with Crippen LogP contribution in [-0.2, 0) is 37.4 Å². The number of anilines is 2. The van der Waals surface area contributed by atoms with Gasteiger partial charge in [-0.25, -0.2) is 13.8 Å². The van der Waals surface area contributed by atoms with Gasteiger partial charge in [0.05, 0.1) is 11.5 Å². The van der Waals surface area contributed by atoms with E-state index in [1.165, 1.54) is 4.90 Å². The number of hydrogen-bond donors (Lipinski definition) is 2. The highest BCUT2D eigenvalue weighted by Gasteiger charge is 2.52. The van der Waals surface area contributed by atoms with Crippen molar-refractivity contribution in [3.8, 4) is 0 Å². The molecule has 0 radical (unpaired) electrons. The van der Waals surface area contributed by atoms with Gasteiger partial charge < -0.3 is 15.5 Å². The van der Waals surface area contributed by atoms with Crippen LogP contribution in [0.3, 0.4) is 0 Å². The first kappa shape index (κ1) is 27.7. The first-order chi connectivity index (χ1) is 20.1. The number of rotatable bonds is 6. The van der Waals surface area contributed by atoms with Crippen molar-refractivity contribution in [3.63, 3.8) is 0 Å². The molecule has 6 rings (SSSR count). The van der Waals surface area contributed by atoms with Gasteiger partial charge in [0.2, 0.25) is 17.7 Å². The topological polar surface area (TPSA) is 108 Å². The van der Waals surface area contributed by atoms with Gasteiger partial charge in [-0.3, -0.25) is 19.2 Å². The third kappa shape index (κ3) is 4.28. The minimum atomic E-state index is -1.29. The van der Waals surface area contributed by atoms with Gasteiger partial charge in [-0.15, -0.1) is 0 Å². The number of Topliss-reactive ketones (excluding diaryl/α,β-unsaturated/α-hetero) is 1. The second kappa shape index (κ2) is 10.1. The zero-order valence-electron chi connectivity index (χ0n) is 23.3. The van der Waals surface area contributed by atoms with Gasteiger partial charge >= 0.3 is 0 Å². The standard InChI is InChI=1S/C32H30F2N4O4/c1-3-31(4-2)26(39)14-25(19-10-21(33)13-22(34)11-19)38(30(31)42)17-27(40)36-23-8-7-18-15-32(16-20(18)12-23)24-6-5-9-35-28(24)37-29(32)41/h5-13,25H,3-4,14-17H2,1-2H3,(H,36,40)(H,35,37,41). The molecule has 3 amide bonds. The fourth-order valence-electron chi connectivity index (χ4n) is 6.91. The van der Waals surface area contributed by atoms with Crippen molar-refractivity contribution in [1.82, 2.24) is 9.88 Å². The van der Waals surface area contributed by atoms with Crippen molar-refractivity contribution in [2.45, 2.75) is 57.4 Å². The lowest BCUT2D eigenvalue weighted by Gasteiger charge is -2.44. The molecule has 1 fully saturated rings. The van der Waals surface area contributed by atoms with E-state index in [1.54, 1.807) is 26.1 Å². The number of aromatic nitrogens is 1. The lowest BCUT2D eigenvalue weighted by molar-refractivity contribution is -0.160. The average Bonchev–Trinajstić information content (AvgIpc) is 3.47. The summed E-state index contributed by atoms with van der Waals surface area (Å²) in [6.45, 7) is 3.09. The molecule has 1 saturated heterocycles. The Morgan fingerprint density at radius 3 is 2.45 bits per heavy atom. The van der Waals surface area contributed by atoms with Crippen LogP contribution < -0.4 is 10.6 Å². The summed E-state index contributed by atoms with van der Waals surface area (Å²) in [7, 11) is 0. The lowest BCUT2D eigenvalue weighted by Crippen LogP contribution is -2.56. The highest BCUT2D eigenvalue weighted by atomic mass is 19.1. The van der Waals surface area contributed by atoms with E-state index in [4.69, 9.17) is 0 Å². The molecule has 1 aliphatic carbocycles. The summed E-state index contributed by atoms with van der Waals surface area (Å²) in [6, 6.07) is 11.1. The Hall–Kier alpha value is -4.47. The van der Waals surface area contributed by atoms with Crippen LogP contribution in [-0.4, -0.2) is 39.9 Å². The smallest absolute Gasteiger partial charge is 0.244 e. The van der Waals surface area contributed by atoms with Crippen LogP contribution in [0.5, 0.6) is 0 Å². The molecule has 1 aromatic heterocycles.